The fourth-order valence-electron chi connectivity index (χ4n) is 4.10. The van der Waals surface area contributed by atoms with Crippen LogP contribution in [-0.4, -0.2) is 35.1 Å². The highest BCUT2D eigenvalue weighted by Crippen LogP contribution is 2.36. The third-order valence-corrected chi connectivity index (χ3v) is 10.2. The Morgan fingerprint density at radius 1 is 1.08 bits per heavy atom. The van der Waals surface area contributed by atoms with Gasteiger partial charge in [0.1, 0.15) is 27.9 Å². The second-order valence-corrected chi connectivity index (χ2v) is 19.3. The van der Waals surface area contributed by atoms with Gasteiger partial charge in [0.05, 0.1) is 21.7 Å². The number of thioether (sulfide) groups is 1. The normalized spacial score (nSPS) is 11.9. The first-order valence-corrected chi connectivity index (χ1v) is 19.3. The van der Waals surface area contributed by atoms with Gasteiger partial charge < -0.3 is 9.30 Å². The van der Waals surface area contributed by atoms with Crippen molar-refractivity contribution in [3.05, 3.63) is 84.4 Å². The molecule has 0 saturated heterocycles. The van der Waals surface area contributed by atoms with Crippen LogP contribution in [0.2, 0.25) is 35.7 Å². The number of ether oxygens (including phenoxy) is 1. The lowest BCUT2D eigenvalue weighted by Crippen LogP contribution is -2.23. The van der Waals surface area contributed by atoms with E-state index in [0.29, 0.717) is 30.3 Å². The Morgan fingerprint density at radius 2 is 1.67 bits per heavy atom. The van der Waals surface area contributed by atoms with E-state index in [2.05, 4.69) is 46.8 Å². The fourth-order valence-corrected chi connectivity index (χ4v) is 6.68. The molecule has 0 spiro atoms. The molecule has 2 aromatic carbocycles. The number of benzene rings is 2. The van der Waals surface area contributed by atoms with Crippen LogP contribution in [0.15, 0.2) is 36.4 Å². The first-order valence-electron chi connectivity index (χ1n) is 12.7. The molecule has 1 aromatic heterocycles. The lowest BCUT2D eigenvalue weighted by atomic mass is 9.90. The molecule has 0 saturated carbocycles. The molecular formula is C28H33Cl2F2IN2O2SSi. The zero-order valence-corrected chi connectivity index (χ0v) is 28.0. The summed E-state index contributed by atoms with van der Waals surface area (Å²) < 4.78 is 37.3. The molecule has 0 amide bonds. The lowest BCUT2D eigenvalue weighted by molar-refractivity contribution is -0.109. The van der Waals surface area contributed by atoms with Crippen LogP contribution in [0.5, 0.6) is 0 Å². The topological polar surface area (TPSA) is 44.1 Å². The monoisotopic (exact) mass is 724 g/mol. The molecule has 0 aliphatic heterocycles. The summed E-state index contributed by atoms with van der Waals surface area (Å²) in [5.74, 6) is -0.0750. The molecule has 11 heteroatoms. The van der Waals surface area contributed by atoms with Gasteiger partial charge >= 0.3 is 0 Å². The van der Waals surface area contributed by atoms with E-state index in [1.54, 1.807) is 31.2 Å². The third-order valence-electron chi connectivity index (χ3n) is 6.20. The maximum atomic E-state index is 14.1. The minimum atomic E-state index is -1.29. The van der Waals surface area contributed by atoms with Crippen LogP contribution >= 0.6 is 57.6 Å². The second kappa shape index (κ2) is 14.8. The van der Waals surface area contributed by atoms with Crippen LogP contribution < -0.4 is 0 Å². The van der Waals surface area contributed by atoms with E-state index >= 15 is 0 Å². The first-order chi connectivity index (χ1) is 18.4. The average Bonchev–Trinajstić information content (AvgIpc) is 3.15. The second-order valence-electron chi connectivity index (χ2n) is 10.6. The third kappa shape index (κ3) is 9.53. The van der Waals surface area contributed by atoms with Gasteiger partial charge in [-0.3, -0.25) is 4.79 Å². The Bertz CT molecular complexity index is 1250. The van der Waals surface area contributed by atoms with Gasteiger partial charge in [-0.05, 0) is 83.3 Å². The molecule has 0 N–H and O–H groups in total. The van der Waals surface area contributed by atoms with Crippen LogP contribution in [0.25, 0.3) is 0 Å². The van der Waals surface area contributed by atoms with Crippen molar-refractivity contribution >= 4 is 70.7 Å². The van der Waals surface area contributed by atoms with E-state index in [4.69, 9.17) is 32.9 Å². The molecule has 3 aromatic rings. The van der Waals surface area contributed by atoms with Crippen molar-refractivity contribution in [2.45, 2.75) is 64.5 Å². The van der Waals surface area contributed by atoms with Gasteiger partial charge in [0.2, 0.25) is 0 Å². The highest BCUT2D eigenvalue weighted by atomic mass is 127. The zero-order chi connectivity index (χ0) is 28.7. The number of hydrogen-bond donors (Lipinski definition) is 0. The van der Waals surface area contributed by atoms with Gasteiger partial charge in [0.15, 0.2) is 5.12 Å². The van der Waals surface area contributed by atoms with Gasteiger partial charge in [-0.1, -0.05) is 66.7 Å². The van der Waals surface area contributed by atoms with E-state index in [0.717, 1.165) is 40.5 Å². The van der Waals surface area contributed by atoms with Gasteiger partial charge in [-0.25, -0.2) is 13.8 Å². The zero-order valence-electron chi connectivity index (χ0n) is 22.5. The molecule has 0 aliphatic carbocycles. The molecule has 0 atom stereocenters. The Morgan fingerprint density at radius 3 is 2.18 bits per heavy atom. The number of nitrogens with zero attached hydrogens (tertiary/aromatic N) is 2. The first kappa shape index (κ1) is 32.5. The predicted octanol–water partition coefficient (Wildman–Crippen LogP) is 9.17. The van der Waals surface area contributed by atoms with Crippen molar-refractivity contribution in [3.8, 4) is 0 Å². The summed E-state index contributed by atoms with van der Waals surface area (Å²) in [5.41, 5.74) is 2.44. The highest BCUT2D eigenvalue weighted by molar-refractivity contribution is 14.1. The summed E-state index contributed by atoms with van der Waals surface area (Å²) in [6, 6.07) is 10.2. The Hall–Kier alpha value is -0.983. The van der Waals surface area contributed by atoms with Crippen molar-refractivity contribution in [1.82, 2.24) is 9.55 Å². The Balaban J connectivity index is 2.05. The number of carbonyl (C=O) groups excluding carboxylic acids is 1. The van der Waals surface area contributed by atoms with Gasteiger partial charge in [0, 0.05) is 27.4 Å². The minimum Gasteiger partial charge on any atom is -0.361 e. The van der Waals surface area contributed by atoms with Gasteiger partial charge in [-0.2, -0.15) is 0 Å². The summed E-state index contributed by atoms with van der Waals surface area (Å²) in [6.07, 6.45) is 2.52. The van der Waals surface area contributed by atoms with E-state index in [-0.39, 0.29) is 15.2 Å². The number of carbonyl (C=O) groups is 1. The maximum absolute atomic E-state index is 14.1. The van der Waals surface area contributed by atoms with Crippen LogP contribution in [0.1, 0.15) is 48.3 Å². The molecule has 1 heterocycles. The molecule has 0 fully saturated rings. The van der Waals surface area contributed by atoms with Crippen molar-refractivity contribution < 1.29 is 18.3 Å². The number of hydrogen-bond acceptors (Lipinski definition) is 4. The Labute approximate surface area is 258 Å². The number of imidazole rings is 1. The molecule has 3 rings (SSSR count). The van der Waals surface area contributed by atoms with E-state index < -0.39 is 25.6 Å². The van der Waals surface area contributed by atoms with Crippen molar-refractivity contribution in [2.75, 3.05) is 12.4 Å². The standard InChI is InChI=1S/C28H33Cl2F2IN2O2SSi/c1-18(36)38-13-6-5-7-25-27(33)34-28(35(25)17-37-12-14-39(2,3)4)26(19-8-10-23(31)21(29)15-19)20-9-11-24(32)22(30)16-20/h8-11,15-16,26H,5-7,12-14,17H2,1-4H3. The molecular weight excluding hydrogens is 692 g/mol. The highest BCUT2D eigenvalue weighted by Gasteiger charge is 2.27. The van der Waals surface area contributed by atoms with Crippen molar-refractivity contribution in [3.63, 3.8) is 0 Å². The SMILES string of the molecule is CC(=O)SCCCCc1c(I)nc(C(c2ccc(F)c(Cl)c2)c2ccc(F)c(Cl)c2)n1COCC[Si](C)(C)C. The summed E-state index contributed by atoms with van der Waals surface area (Å²) in [6.45, 7) is 9.43. The molecule has 0 unspecified atom stereocenters. The Kier molecular flexibility index (Phi) is 12.3. The van der Waals surface area contributed by atoms with Crippen molar-refractivity contribution in [2.24, 2.45) is 0 Å². The van der Waals surface area contributed by atoms with E-state index in [1.807, 2.05) is 0 Å². The van der Waals surface area contributed by atoms with Crippen LogP contribution in [-0.2, 0) is 22.7 Å². The van der Waals surface area contributed by atoms with Crippen LogP contribution in [0, 0.1) is 15.3 Å². The van der Waals surface area contributed by atoms with E-state index in [9.17, 15) is 13.6 Å². The minimum absolute atomic E-state index is 0.00640. The average molecular weight is 726 g/mol. The van der Waals surface area contributed by atoms with Gasteiger partial charge in [-0.15, -0.1) is 0 Å². The lowest BCUT2D eigenvalue weighted by Gasteiger charge is -2.22. The van der Waals surface area contributed by atoms with Crippen LogP contribution in [0.4, 0.5) is 8.78 Å². The molecule has 212 valence electrons. The largest absolute Gasteiger partial charge is 0.361 e. The quantitative estimate of drug-likeness (QED) is 0.100. The van der Waals surface area contributed by atoms with E-state index in [1.165, 1.54) is 23.9 Å². The number of rotatable bonds is 13. The van der Waals surface area contributed by atoms with Gasteiger partial charge in [0.25, 0.3) is 0 Å². The molecule has 4 nitrogen and oxygen atoms in total. The smallest absolute Gasteiger partial charge is 0.185 e. The number of aromatic nitrogens is 2. The molecule has 0 bridgehead atoms. The molecule has 0 radical (unpaired) electrons. The number of unbranched alkanes of at least 4 members (excludes halogenated alkanes) is 1. The molecule has 0 aliphatic rings. The summed E-state index contributed by atoms with van der Waals surface area (Å²) in [5, 5.41) is 0.104. The maximum Gasteiger partial charge on any atom is 0.185 e. The summed E-state index contributed by atoms with van der Waals surface area (Å²) in [7, 11) is -1.29. The summed E-state index contributed by atoms with van der Waals surface area (Å²) >= 11 is 16.0. The van der Waals surface area contributed by atoms with Crippen molar-refractivity contribution in [1.29, 1.82) is 0 Å². The predicted molar refractivity (Wildman–Crippen MR) is 169 cm³/mol. The number of halogens is 5. The summed E-state index contributed by atoms with van der Waals surface area (Å²) in [4.78, 5) is 16.3. The van der Waals surface area contributed by atoms with Crippen LogP contribution in [0.3, 0.4) is 0 Å². The fraction of sp³-hybridized carbons (Fsp3) is 0.429. The molecule has 39 heavy (non-hydrogen) atoms.